The van der Waals surface area contributed by atoms with Crippen molar-refractivity contribution in [2.75, 3.05) is 5.73 Å². The van der Waals surface area contributed by atoms with Crippen LogP contribution in [-0.2, 0) is 5.11 Å². The van der Waals surface area contributed by atoms with E-state index in [1.54, 1.807) is 12.1 Å². The van der Waals surface area contributed by atoms with Crippen molar-refractivity contribution in [2.45, 2.75) is 0 Å². The second-order valence-electron chi connectivity index (χ2n) is 1.57. The molecule has 8 heavy (non-hydrogen) atoms. The van der Waals surface area contributed by atoms with Gasteiger partial charge in [0.25, 0.3) is 0 Å². The third kappa shape index (κ3) is 0.904. The van der Waals surface area contributed by atoms with Gasteiger partial charge in [-0.05, 0) is 12.1 Å². The lowest BCUT2D eigenvalue weighted by molar-refractivity contribution is 0.355. The van der Waals surface area contributed by atoms with Gasteiger partial charge in [0.05, 0.1) is 0 Å². The molecular weight excluding hydrogens is 102 g/mol. The second-order valence-corrected chi connectivity index (χ2v) is 1.57. The van der Waals surface area contributed by atoms with E-state index in [2.05, 4.69) is 0 Å². The van der Waals surface area contributed by atoms with E-state index in [9.17, 15) is 5.11 Å². The summed E-state index contributed by atoms with van der Waals surface area (Å²) in [4.78, 5) is 0. The predicted octanol–water partition coefficient (Wildman–Crippen LogP) is 1.41. The van der Waals surface area contributed by atoms with Crippen LogP contribution in [0, 0.1) is 0 Å². The van der Waals surface area contributed by atoms with Crippen LogP contribution in [0.15, 0.2) is 24.3 Å². The van der Waals surface area contributed by atoms with Crippen LogP contribution in [0.1, 0.15) is 0 Å². The van der Waals surface area contributed by atoms with Crippen molar-refractivity contribution in [3.63, 3.8) is 0 Å². The number of hydrogen-bond donors (Lipinski definition) is 1. The van der Waals surface area contributed by atoms with Gasteiger partial charge in [-0.15, -0.1) is 0 Å². The topological polar surface area (TPSA) is 45.9 Å². The third-order valence-electron chi connectivity index (χ3n) is 0.858. The Balaban J connectivity index is 3.08. The highest BCUT2D eigenvalue weighted by molar-refractivity contribution is 5.42. The minimum atomic E-state index is -0.0370. The van der Waals surface area contributed by atoms with Gasteiger partial charge in [-0.25, -0.2) is 0 Å². The maximum absolute atomic E-state index is 10.4. The van der Waals surface area contributed by atoms with Crippen LogP contribution in [0.4, 0.5) is 5.69 Å². The second kappa shape index (κ2) is 1.74. The maximum atomic E-state index is 10.4. The molecule has 0 aliphatic heterocycles. The largest absolute Gasteiger partial charge is 0.399 e. The molecular formula is C6H6NO. The van der Waals surface area contributed by atoms with Gasteiger partial charge >= 0.3 is 0 Å². The van der Waals surface area contributed by atoms with E-state index in [4.69, 9.17) is 5.73 Å². The molecule has 1 radical (unpaired) electrons. The summed E-state index contributed by atoms with van der Waals surface area (Å²) in [5.41, 5.74) is 5.78. The van der Waals surface area contributed by atoms with Crippen LogP contribution in [0.5, 0.6) is 5.75 Å². The quantitative estimate of drug-likeness (QED) is 0.502. The molecule has 0 amide bonds. The minimum Gasteiger partial charge on any atom is -0.399 e. The molecule has 2 nitrogen and oxygen atoms in total. The first-order chi connectivity index (χ1) is 3.79. The van der Waals surface area contributed by atoms with Crippen LogP contribution in [-0.4, -0.2) is 0 Å². The third-order valence-corrected chi connectivity index (χ3v) is 0.858. The summed E-state index contributed by atoms with van der Waals surface area (Å²) in [7, 11) is 0. The first kappa shape index (κ1) is 4.97. The van der Waals surface area contributed by atoms with Crippen molar-refractivity contribution in [2.24, 2.45) is 0 Å². The molecule has 0 spiro atoms. The molecule has 2 N–H and O–H groups in total. The number of anilines is 1. The van der Waals surface area contributed by atoms with Gasteiger partial charge < -0.3 is 5.73 Å². The molecule has 0 saturated heterocycles. The summed E-state index contributed by atoms with van der Waals surface area (Å²) in [5, 5.41) is 10.4. The lowest BCUT2D eigenvalue weighted by Crippen LogP contribution is -1.80. The van der Waals surface area contributed by atoms with Crippen LogP contribution in [0.25, 0.3) is 0 Å². The Hall–Kier alpha value is -1.18. The van der Waals surface area contributed by atoms with Crippen LogP contribution >= 0.6 is 0 Å². The van der Waals surface area contributed by atoms with Gasteiger partial charge in [0.2, 0.25) is 0 Å². The number of benzene rings is 1. The fourth-order valence-electron chi connectivity index (χ4n) is 0.515. The van der Waals surface area contributed by atoms with Gasteiger partial charge in [-0.2, -0.15) is 0 Å². The summed E-state index contributed by atoms with van der Waals surface area (Å²) in [6.07, 6.45) is 0. The van der Waals surface area contributed by atoms with E-state index >= 15 is 0 Å². The van der Waals surface area contributed by atoms with Gasteiger partial charge in [-0.1, -0.05) is 6.07 Å². The Kier molecular flexibility index (Phi) is 1.08. The Labute approximate surface area is 47.6 Å². The van der Waals surface area contributed by atoms with E-state index in [0.717, 1.165) is 0 Å². The Morgan fingerprint density at radius 2 is 2.12 bits per heavy atom. The smallest absolute Gasteiger partial charge is 0.180 e. The van der Waals surface area contributed by atoms with E-state index in [1.807, 2.05) is 0 Å². The van der Waals surface area contributed by atoms with Gasteiger partial charge in [-0.3, -0.25) is 5.11 Å². The molecule has 0 aliphatic carbocycles. The standard InChI is InChI=1S/C6H6NO/c7-5-2-1-3-6(8)4-5/h1-4H,7H2. The van der Waals surface area contributed by atoms with Crippen molar-refractivity contribution in [3.05, 3.63) is 24.3 Å². The first-order valence-corrected chi connectivity index (χ1v) is 2.31. The summed E-state index contributed by atoms with van der Waals surface area (Å²) in [5.74, 6) is -0.0370. The number of nitrogens with two attached hydrogens (primary N) is 1. The number of nitrogen functional groups attached to an aromatic ring is 1. The van der Waals surface area contributed by atoms with E-state index in [-0.39, 0.29) is 5.75 Å². The Morgan fingerprint density at radius 3 is 2.50 bits per heavy atom. The molecule has 0 atom stereocenters. The highest BCUT2D eigenvalue weighted by atomic mass is 16.3. The zero-order valence-corrected chi connectivity index (χ0v) is 4.29. The van der Waals surface area contributed by atoms with E-state index < -0.39 is 0 Å². The zero-order chi connectivity index (χ0) is 5.98. The van der Waals surface area contributed by atoms with Gasteiger partial charge in [0, 0.05) is 11.8 Å². The first-order valence-electron chi connectivity index (χ1n) is 2.31. The molecule has 1 aromatic carbocycles. The molecule has 0 aliphatic rings. The van der Waals surface area contributed by atoms with Crippen molar-refractivity contribution in [1.82, 2.24) is 0 Å². The fourth-order valence-corrected chi connectivity index (χ4v) is 0.515. The fraction of sp³-hybridized carbons (Fsp3) is 0. The molecule has 0 unspecified atom stereocenters. The predicted molar refractivity (Wildman–Crippen MR) is 31.0 cm³/mol. The van der Waals surface area contributed by atoms with Crippen molar-refractivity contribution >= 4 is 5.69 Å². The molecule has 0 aromatic heterocycles. The SMILES string of the molecule is Nc1cccc([O])c1. The van der Waals surface area contributed by atoms with Crippen LogP contribution < -0.4 is 5.73 Å². The van der Waals surface area contributed by atoms with Crippen molar-refractivity contribution in [3.8, 4) is 5.75 Å². The Bertz CT molecular complexity index is 168. The van der Waals surface area contributed by atoms with Crippen molar-refractivity contribution < 1.29 is 5.11 Å². The molecule has 0 heterocycles. The normalized spacial score (nSPS) is 9.00. The molecule has 41 valence electrons. The highest BCUT2D eigenvalue weighted by Crippen LogP contribution is 2.11. The summed E-state index contributed by atoms with van der Waals surface area (Å²) >= 11 is 0. The number of hydrogen-bond acceptors (Lipinski definition) is 1. The lowest BCUT2D eigenvalue weighted by Gasteiger charge is -1.87. The average molecular weight is 108 g/mol. The molecule has 0 bridgehead atoms. The molecule has 2 heteroatoms. The van der Waals surface area contributed by atoms with Gasteiger partial charge in [0.15, 0.2) is 5.75 Å². The van der Waals surface area contributed by atoms with Crippen LogP contribution in [0.2, 0.25) is 0 Å². The van der Waals surface area contributed by atoms with Crippen LogP contribution in [0.3, 0.4) is 0 Å². The monoisotopic (exact) mass is 108 g/mol. The molecule has 0 fully saturated rings. The summed E-state index contributed by atoms with van der Waals surface area (Å²) in [6.45, 7) is 0. The lowest BCUT2D eigenvalue weighted by atomic mass is 10.3. The highest BCUT2D eigenvalue weighted by Gasteiger charge is 1.86. The molecule has 1 aromatic rings. The van der Waals surface area contributed by atoms with E-state index in [1.165, 1.54) is 12.1 Å². The maximum Gasteiger partial charge on any atom is 0.180 e. The summed E-state index contributed by atoms with van der Waals surface area (Å²) in [6, 6.07) is 6.18. The molecule has 1 rings (SSSR count). The molecule has 0 saturated carbocycles. The number of rotatable bonds is 0. The van der Waals surface area contributed by atoms with E-state index in [0.29, 0.717) is 5.69 Å². The summed E-state index contributed by atoms with van der Waals surface area (Å²) < 4.78 is 0. The van der Waals surface area contributed by atoms with Gasteiger partial charge in [0.1, 0.15) is 0 Å². The average Bonchev–Trinajstić information content (AvgIpc) is 1.64. The Morgan fingerprint density at radius 1 is 1.38 bits per heavy atom. The van der Waals surface area contributed by atoms with Crippen molar-refractivity contribution in [1.29, 1.82) is 0 Å². The zero-order valence-electron chi connectivity index (χ0n) is 4.29. The minimum absolute atomic E-state index is 0.0370.